The molecule has 0 atom stereocenters. The van der Waals surface area contributed by atoms with Crippen molar-refractivity contribution >= 4 is 0 Å². The minimum absolute atomic E-state index is 1.12. The third-order valence-corrected chi connectivity index (χ3v) is 1.96. The van der Waals surface area contributed by atoms with Gasteiger partial charge >= 0.3 is 0 Å². The number of allylic oxidation sites excluding steroid dienone is 9. The van der Waals surface area contributed by atoms with Gasteiger partial charge in [0.05, 0.1) is 0 Å². The molecule has 0 heterocycles. The van der Waals surface area contributed by atoms with Crippen LogP contribution in [0.4, 0.5) is 0 Å². The number of rotatable bonds is 3. The Morgan fingerprint density at radius 3 is 2.54 bits per heavy atom. The van der Waals surface area contributed by atoms with Gasteiger partial charge in [-0.3, -0.25) is 0 Å². The first-order chi connectivity index (χ1) is 6.33. The molecule has 0 bridgehead atoms. The molecule has 68 valence electrons. The summed E-state index contributed by atoms with van der Waals surface area (Å²) in [5, 5.41) is 0. The van der Waals surface area contributed by atoms with Crippen molar-refractivity contribution < 1.29 is 0 Å². The lowest BCUT2D eigenvalue weighted by atomic mass is 10.2. The van der Waals surface area contributed by atoms with Gasteiger partial charge in [0.2, 0.25) is 0 Å². The van der Waals surface area contributed by atoms with Gasteiger partial charge in [-0.1, -0.05) is 54.7 Å². The van der Waals surface area contributed by atoms with E-state index in [1.165, 1.54) is 11.1 Å². The fourth-order valence-electron chi connectivity index (χ4n) is 1.26. The normalized spacial score (nSPS) is 18.2. The van der Waals surface area contributed by atoms with Crippen LogP contribution in [0.15, 0.2) is 60.3 Å². The molecule has 0 amide bonds. The largest absolute Gasteiger partial charge is 0.0958 e. The first-order valence-electron chi connectivity index (χ1n) is 4.67. The second kappa shape index (κ2) is 5.36. The van der Waals surface area contributed by atoms with Crippen LogP contribution in [0.1, 0.15) is 19.8 Å². The Bertz CT molecular complexity index is 285. The predicted octanol–water partition coefficient (Wildman–Crippen LogP) is 3.95. The summed E-state index contributed by atoms with van der Waals surface area (Å²) in [7, 11) is 0. The molecule has 0 aliphatic heterocycles. The molecule has 0 aromatic carbocycles. The lowest BCUT2D eigenvalue weighted by Gasteiger charge is -1.86. The van der Waals surface area contributed by atoms with Crippen molar-refractivity contribution in [1.29, 1.82) is 0 Å². The van der Waals surface area contributed by atoms with Gasteiger partial charge in [0.1, 0.15) is 0 Å². The van der Waals surface area contributed by atoms with Crippen LogP contribution in [0.2, 0.25) is 0 Å². The highest BCUT2D eigenvalue weighted by Crippen LogP contribution is 2.22. The minimum Gasteiger partial charge on any atom is -0.0958 e. The monoisotopic (exact) mass is 172 g/mol. The molecule has 0 saturated heterocycles. The van der Waals surface area contributed by atoms with Gasteiger partial charge in [-0.2, -0.15) is 0 Å². The zero-order chi connectivity index (χ0) is 9.52. The average molecular weight is 172 g/mol. The summed E-state index contributed by atoms with van der Waals surface area (Å²) >= 11 is 0. The molecule has 0 aromatic rings. The van der Waals surface area contributed by atoms with Crippen LogP contribution in [0.25, 0.3) is 0 Å². The highest BCUT2D eigenvalue weighted by molar-refractivity contribution is 5.36. The van der Waals surface area contributed by atoms with E-state index in [1.807, 2.05) is 31.2 Å². The van der Waals surface area contributed by atoms with E-state index < -0.39 is 0 Å². The Kier molecular flexibility index (Phi) is 4.04. The Morgan fingerprint density at radius 1 is 1.15 bits per heavy atom. The second-order valence-corrected chi connectivity index (χ2v) is 3.15. The van der Waals surface area contributed by atoms with E-state index in [9.17, 15) is 0 Å². The topological polar surface area (TPSA) is 0 Å². The predicted molar refractivity (Wildman–Crippen MR) is 59.6 cm³/mol. The third kappa shape index (κ3) is 3.75. The summed E-state index contributed by atoms with van der Waals surface area (Å²) in [6.45, 7) is 5.93. The number of hydrogen-bond acceptors (Lipinski definition) is 0. The van der Waals surface area contributed by atoms with Gasteiger partial charge in [-0.25, -0.2) is 0 Å². The van der Waals surface area contributed by atoms with Crippen molar-refractivity contribution in [2.24, 2.45) is 0 Å². The van der Waals surface area contributed by atoms with Gasteiger partial charge in [0.15, 0.2) is 0 Å². The van der Waals surface area contributed by atoms with Crippen LogP contribution in [0, 0.1) is 0 Å². The standard InChI is InChI=1S/C13H16/c1-3-4-5-6-7-8-13-10-9-12(2)11-13/h3-8,11H,2,9-10H2,1H3/b4-3-,6-5+,8-7-. The maximum Gasteiger partial charge on any atom is -0.0238 e. The molecule has 0 unspecified atom stereocenters. The van der Waals surface area contributed by atoms with Crippen LogP contribution < -0.4 is 0 Å². The maximum absolute atomic E-state index is 3.92. The average Bonchev–Trinajstić information content (AvgIpc) is 2.51. The molecule has 1 aliphatic rings. The van der Waals surface area contributed by atoms with Crippen LogP contribution in [-0.4, -0.2) is 0 Å². The molecular weight excluding hydrogens is 156 g/mol. The van der Waals surface area contributed by atoms with E-state index in [0.29, 0.717) is 0 Å². The second-order valence-electron chi connectivity index (χ2n) is 3.15. The zero-order valence-electron chi connectivity index (χ0n) is 8.16. The number of hydrogen-bond donors (Lipinski definition) is 0. The zero-order valence-corrected chi connectivity index (χ0v) is 8.16. The van der Waals surface area contributed by atoms with Crippen LogP contribution in [-0.2, 0) is 0 Å². The molecule has 0 N–H and O–H groups in total. The van der Waals surface area contributed by atoms with E-state index in [0.717, 1.165) is 12.8 Å². The maximum atomic E-state index is 3.92. The molecule has 0 nitrogen and oxygen atoms in total. The summed E-state index contributed by atoms with van der Waals surface area (Å²) in [6, 6.07) is 0. The van der Waals surface area contributed by atoms with Crippen molar-refractivity contribution in [2.75, 3.05) is 0 Å². The molecule has 0 aromatic heterocycles. The third-order valence-electron chi connectivity index (χ3n) is 1.96. The molecule has 1 aliphatic carbocycles. The van der Waals surface area contributed by atoms with E-state index in [-0.39, 0.29) is 0 Å². The van der Waals surface area contributed by atoms with Gasteiger partial charge < -0.3 is 0 Å². The first kappa shape index (κ1) is 9.79. The van der Waals surface area contributed by atoms with Gasteiger partial charge in [0.25, 0.3) is 0 Å². The SMILES string of the molecule is C=C1C=C(\C=C/C=C/C=C\C)CC1. The quantitative estimate of drug-likeness (QED) is 0.565. The van der Waals surface area contributed by atoms with Crippen molar-refractivity contribution in [2.45, 2.75) is 19.8 Å². The molecule has 0 fully saturated rings. The van der Waals surface area contributed by atoms with E-state index in [4.69, 9.17) is 0 Å². The lowest BCUT2D eigenvalue weighted by Crippen LogP contribution is -1.66. The van der Waals surface area contributed by atoms with Crippen LogP contribution in [0.3, 0.4) is 0 Å². The van der Waals surface area contributed by atoms with Gasteiger partial charge in [0, 0.05) is 0 Å². The van der Waals surface area contributed by atoms with Crippen molar-refractivity contribution in [3.05, 3.63) is 60.3 Å². The Balaban J connectivity index is 2.40. The fourth-order valence-corrected chi connectivity index (χ4v) is 1.26. The van der Waals surface area contributed by atoms with Crippen LogP contribution >= 0.6 is 0 Å². The first-order valence-corrected chi connectivity index (χ1v) is 4.67. The lowest BCUT2D eigenvalue weighted by molar-refractivity contribution is 1.04. The molecule has 0 saturated carbocycles. The Hall–Kier alpha value is -1.30. The van der Waals surface area contributed by atoms with Crippen molar-refractivity contribution in [3.8, 4) is 0 Å². The molecule has 1 rings (SSSR count). The summed E-state index contributed by atoms with van der Waals surface area (Å²) < 4.78 is 0. The molecule has 0 heteroatoms. The smallest absolute Gasteiger partial charge is 0.0238 e. The molecule has 0 spiro atoms. The highest BCUT2D eigenvalue weighted by atomic mass is 14.1. The van der Waals surface area contributed by atoms with E-state index in [1.54, 1.807) is 0 Å². The van der Waals surface area contributed by atoms with E-state index >= 15 is 0 Å². The summed E-state index contributed by atoms with van der Waals surface area (Å²) in [6.07, 6.45) is 16.8. The molecule has 13 heavy (non-hydrogen) atoms. The Morgan fingerprint density at radius 2 is 1.92 bits per heavy atom. The van der Waals surface area contributed by atoms with Gasteiger partial charge in [-0.05, 0) is 25.3 Å². The highest BCUT2D eigenvalue weighted by Gasteiger charge is 2.02. The molecule has 0 radical (unpaired) electrons. The van der Waals surface area contributed by atoms with E-state index in [2.05, 4.69) is 24.8 Å². The van der Waals surface area contributed by atoms with Crippen molar-refractivity contribution in [1.82, 2.24) is 0 Å². The van der Waals surface area contributed by atoms with Gasteiger partial charge in [-0.15, -0.1) is 0 Å². The minimum atomic E-state index is 1.12. The summed E-state index contributed by atoms with van der Waals surface area (Å²) in [5.74, 6) is 0. The molecular formula is C13H16. The van der Waals surface area contributed by atoms with Crippen molar-refractivity contribution in [3.63, 3.8) is 0 Å². The Labute approximate surface area is 80.7 Å². The summed E-state index contributed by atoms with van der Waals surface area (Å²) in [4.78, 5) is 0. The van der Waals surface area contributed by atoms with Crippen LogP contribution in [0.5, 0.6) is 0 Å². The summed E-state index contributed by atoms with van der Waals surface area (Å²) in [5.41, 5.74) is 2.63. The fraction of sp³-hybridized carbons (Fsp3) is 0.231.